The van der Waals surface area contributed by atoms with Gasteiger partial charge in [0, 0.05) is 26.1 Å². The highest BCUT2D eigenvalue weighted by molar-refractivity contribution is 6.32. The summed E-state index contributed by atoms with van der Waals surface area (Å²) in [5, 5.41) is 3.22. The van der Waals surface area contributed by atoms with E-state index in [1.54, 1.807) is 24.0 Å². The Bertz CT molecular complexity index is 548. The SMILES string of the molecule is Cc1ccc(Cl)c(OC(C)C(=O)N2CCNC(=O)CC2)c1. The molecule has 1 aliphatic rings. The minimum Gasteiger partial charge on any atom is -0.479 e. The molecule has 0 aromatic heterocycles. The zero-order valence-corrected chi connectivity index (χ0v) is 12.9. The fraction of sp³-hybridized carbons (Fsp3) is 0.467. The van der Waals surface area contributed by atoms with Gasteiger partial charge in [-0.15, -0.1) is 0 Å². The van der Waals surface area contributed by atoms with E-state index < -0.39 is 6.10 Å². The molecule has 0 saturated carbocycles. The van der Waals surface area contributed by atoms with Crippen molar-refractivity contribution in [2.75, 3.05) is 19.6 Å². The molecule has 1 aromatic rings. The Balaban J connectivity index is 2.02. The molecule has 21 heavy (non-hydrogen) atoms. The second kappa shape index (κ2) is 6.80. The largest absolute Gasteiger partial charge is 0.479 e. The van der Waals surface area contributed by atoms with Gasteiger partial charge in [0.05, 0.1) is 5.02 Å². The molecule has 2 amide bonds. The Morgan fingerprint density at radius 2 is 2.19 bits per heavy atom. The highest BCUT2D eigenvalue weighted by atomic mass is 35.5. The summed E-state index contributed by atoms with van der Waals surface area (Å²) in [6.45, 7) is 5.02. The number of carbonyl (C=O) groups is 2. The number of ether oxygens (including phenoxy) is 1. The number of rotatable bonds is 3. The van der Waals surface area contributed by atoms with Gasteiger partial charge in [0.25, 0.3) is 5.91 Å². The van der Waals surface area contributed by atoms with Crippen LogP contribution in [-0.2, 0) is 9.59 Å². The van der Waals surface area contributed by atoms with Crippen molar-refractivity contribution in [3.05, 3.63) is 28.8 Å². The minimum absolute atomic E-state index is 0.0272. The molecule has 1 atom stereocenters. The normalized spacial score (nSPS) is 16.9. The number of hydrogen-bond acceptors (Lipinski definition) is 3. The Morgan fingerprint density at radius 1 is 1.43 bits per heavy atom. The van der Waals surface area contributed by atoms with Crippen LogP contribution in [0.4, 0.5) is 0 Å². The molecular formula is C15H19ClN2O3. The predicted molar refractivity (Wildman–Crippen MR) is 80.5 cm³/mol. The van der Waals surface area contributed by atoms with Crippen LogP contribution in [-0.4, -0.2) is 42.5 Å². The van der Waals surface area contributed by atoms with E-state index in [1.165, 1.54) is 0 Å². The van der Waals surface area contributed by atoms with Gasteiger partial charge >= 0.3 is 0 Å². The Hall–Kier alpha value is -1.75. The molecule has 1 heterocycles. The van der Waals surface area contributed by atoms with E-state index in [2.05, 4.69) is 5.32 Å². The van der Waals surface area contributed by atoms with Gasteiger partial charge in [-0.1, -0.05) is 17.7 Å². The molecule has 1 N–H and O–H groups in total. The van der Waals surface area contributed by atoms with E-state index in [1.807, 2.05) is 13.0 Å². The van der Waals surface area contributed by atoms with Crippen molar-refractivity contribution in [1.82, 2.24) is 10.2 Å². The van der Waals surface area contributed by atoms with E-state index in [0.29, 0.717) is 36.8 Å². The molecule has 5 nitrogen and oxygen atoms in total. The maximum Gasteiger partial charge on any atom is 0.263 e. The maximum atomic E-state index is 12.4. The first-order valence-electron chi connectivity index (χ1n) is 6.95. The zero-order chi connectivity index (χ0) is 15.4. The second-order valence-electron chi connectivity index (χ2n) is 5.12. The molecule has 0 bridgehead atoms. The standard InChI is InChI=1S/C15H19ClN2O3/c1-10-3-4-12(16)13(9-10)21-11(2)15(20)18-7-5-14(19)17-6-8-18/h3-4,9,11H,5-8H2,1-2H3,(H,17,19). The van der Waals surface area contributed by atoms with Gasteiger partial charge in [-0.2, -0.15) is 0 Å². The smallest absolute Gasteiger partial charge is 0.263 e. The van der Waals surface area contributed by atoms with Gasteiger partial charge in [-0.25, -0.2) is 0 Å². The van der Waals surface area contributed by atoms with E-state index >= 15 is 0 Å². The lowest BCUT2D eigenvalue weighted by Gasteiger charge is -2.24. The van der Waals surface area contributed by atoms with Crippen molar-refractivity contribution in [1.29, 1.82) is 0 Å². The molecule has 1 saturated heterocycles. The average molecular weight is 311 g/mol. The lowest BCUT2D eigenvalue weighted by molar-refractivity contribution is -0.137. The van der Waals surface area contributed by atoms with Crippen molar-refractivity contribution in [2.45, 2.75) is 26.4 Å². The number of benzene rings is 1. The van der Waals surface area contributed by atoms with Crippen LogP contribution >= 0.6 is 11.6 Å². The average Bonchev–Trinajstić information content (AvgIpc) is 2.67. The van der Waals surface area contributed by atoms with Crippen LogP contribution in [0.1, 0.15) is 18.9 Å². The molecule has 114 valence electrons. The fourth-order valence-electron chi connectivity index (χ4n) is 2.19. The summed E-state index contributed by atoms with van der Waals surface area (Å²) in [5.74, 6) is 0.339. The molecule has 2 rings (SSSR count). The van der Waals surface area contributed by atoms with Gasteiger partial charge in [-0.3, -0.25) is 9.59 Å². The zero-order valence-electron chi connectivity index (χ0n) is 12.2. The first kappa shape index (κ1) is 15.6. The van der Waals surface area contributed by atoms with Crippen LogP contribution in [0.5, 0.6) is 5.75 Å². The van der Waals surface area contributed by atoms with Crippen molar-refractivity contribution < 1.29 is 14.3 Å². The van der Waals surface area contributed by atoms with Crippen LogP contribution in [0, 0.1) is 6.92 Å². The highest BCUT2D eigenvalue weighted by Crippen LogP contribution is 2.26. The van der Waals surface area contributed by atoms with Crippen molar-refractivity contribution in [3.63, 3.8) is 0 Å². The van der Waals surface area contributed by atoms with E-state index in [4.69, 9.17) is 16.3 Å². The van der Waals surface area contributed by atoms with Crippen LogP contribution in [0.25, 0.3) is 0 Å². The third kappa shape index (κ3) is 4.11. The summed E-state index contributed by atoms with van der Waals surface area (Å²) < 4.78 is 5.68. The summed E-state index contributed by atoms with van der Waals surface area (Å²) in [5.41, 5.74) is 1.01. The number of aryl methyl sites for hydroxylation is 1. The summed E-state index contributed by atoms with van der Waals surface area (Å²) in [6, 6.07) is 5.44. The maximum absolute atomic E-state index is 12.4. The molecule has 1 fully saturated rings. The van der Waals surface area contributed by atoms with Crippen molar-refractivity contribution in [3.8, 4) is 5.75 Å². The molecule has 0 spiro atoms. The third-order valence-electron chi connectivity index (χ3n) is 3.36. The van der Waals surface area contributed by atoms with E-state index in [0.717, 1.165) is 5.56 Å². The minimum atomic E-state index is -0.641. The molecule has 1 aliphatic heterocycles. The van der Waals surface area contributed by atoms with Crippen molar-refractivity contribution in [2.24, 2.45) is 0 Å². The van der Waals surface area contributed by atoms with Gasteiger partial charge in [-0.05, 0) is 31.5 Å². The van der Waals surface area contributed by atoms with Gasteiger partial charge < -0.3 is 15.0 Å². The summed E-state index contributed by atoms with van der Waals surface area (Å²) in [6.07, 6.45) is -0.318. The van der Waals surface area contributed by atoms with Crippen LogP contribution in [0.3, 0.4) is 0 Å². The monoisotopic (exact) mass is 310 g/mol. The predicted octanol–water partition coefficient (Wildman–Crippen LogP) is 1.76. The van der Waals surface area contributed by atoms with Gasteiger partial charge in [0.2, 0.25) is 5.91 Å². The third-order valence-corrected chi connectivity index (χ3v) is 3.67. The topological polar surface area (TPSA) is 58.6 Å². The number of hydrogen-bond donors (Lipinski definition) is 1. The number of nitrogens with one attached hydrogen (secondary N) is 1. The lowest BCUT2D eigenvalue weighted by atomic mass is 10.2. The Kier molecular flexibility index (Phi) is 5.07. The van der Waals surface area contributed by atoms with E-state index in [9.17, 15) is 9.59 Å². The molecule has 0 aliphatic carbocycles. The Labute approximate surface area is 129 Å². The lowest BCUT2D eigenvalue weighted by Crippen LogP contribution is -2.42. The summed E-state index contributed by atoms with van der Waals surface area (Å²) in [4.78, 5) is 25.3. The fourth-order valence-corrected chi connectivity index (χ4v) is 2.35. The summed E-state index contributed by atoms with van der Waals surface area (Å²) in [7, 11) is 0. The molecule has 1 unspecified atom stereocenters. The Morgan fingerprint density at radius 3 is 2.95 bits per heavy atom. The van der Waals surface area contributed by atoms with Crippen LogP contribution < -0.4 is 10.1 Å². The van der Waals surface area contributed by atoms with Crippen molar-refractivity contribution >= 4 is 23.4 Å². The number of nitrogens with zero attached hydrogens (tertiary/aromatic N) is 1. The van der Waals surface area contributed by atoms with E-state index in [-0.39, 0.29) is 11.8 Å². The summed E-state index contributed by atoms with van der Waals surface area (Å²) >= 11 is 6.07. The number of carbonyl (C=O) groups excluding carboxylic acids is 2. The molecule has 0 radical (unpaired) electrons. The number of amides is 2. The first-order valence-corrected chi connectivity index (χ1v) is 7.33. The number of halogens is 1. The quantitative estimate of drug-likeness (QED) is 0.925. The molecular weight excluding hydrogens is 292 g/mol. The van der Waals surface area contributed by atoms with Gasteiger partial charge in [0.1, 0.15) is 5.75 Å². The first-order chi connectivity index (χ1) is 9.97. The molecule has 6 heteroatoms. The molecule has 1 aromatic carbocycles. The van der Waals surface area contributed by atoms with Crippen LogP contribution in [0.15, 0.2) is 18.2 Å². The van der Waals surface area contributed by atoms with Gasteiger partial charge in [0.15, 0.2) is 6.10 Å². The van der Waals surface area contributed by atoms with Crippen LogP contribution in [0.2, 0.25) is 5.02 Å². The second-order valence-corrected chi connectivity index (χ2v) is 5.53. The highest BCUT2D eigenvalue weighted by Gasteiger charge is 2.24.